The van der Waals surface area contributed by atoms with Crippen LogP contribution in [0.4, 0.5) is 5.69 Å². The highest BCUT2D eigenvalue weighted by Gasteiger charge is 2.31. The number of aryl methyl sites for hydroxylation is 2. The number of aromatic nitrogens is 1. The maximum atomic E-state index is 4.31. The Hall–Kier alpha value is -2.75. The predicted molar refractivity (Wildman–Crippen MR) is 98.0 cm³/mol. The van der Waals surface area contributed by atoms with E-state index in [0.29, 0.717) is 6.04 Å². The van der Waals surface area contributed by atoms with E-state index < -0.39 is 0 Å². The van der Waals surface area contributed by atoms with Crippen LogP contribution in [0.3, 0.4) is 0 Å². The molecule has 0 bridgehead atoms. The van der Waals surface area contributed by atoms with E-state index in [9.17, 15) is 0 Å². The number of fused-ring (bicyclic) bond motifs is 1. The molecule has 0 spiro atoms. The van der Waals surface area contributed by atoms with Crippen molar-refractivity contribution in [1.29, 1.82) is 0 Å². The molecule has 24 heavy (non-hydrogen) atoms. The summed E-state index contributed by atoms with van der Waals surface area (Å²) in [6.45, 7) is 7.35. The summed E-state index contributed by atoms with van der Waals surface area (Å²) >= 11 is 0. The van der Waals surface area contributed by atoms with Gasteiger partial charge in [-0.3, -0.25) is 9.99 Å². The predicted octanol–water partition coefficient (Wildman–Crippen LogP) is 3.61. The lowest BCUT2D eigenvalue weighted by Gasteiger charge is -2.38. The summed E-state index contributed by atoms with van der Waals surface area (Å²) in [5, 5.41) is 2.25. The molecule has 0 saturated heterocycles. The molecule has 1 aromatic heterocycles. The second kappa shape index (κ2) is 5.71. The average molecular weight is 318 g/mol. The number of rotatable bonds is 2. The molecule has 3 heterocycles. The van der Waals surface area contributed by atoms with Crippen molar-refractivity contribution in [1.82, 2.24) is 15.4 Å². The molecule has 4 nitrogen and oxygen atoms in total. The van der Waals surface area contributed by atoms with Crippen LogP contribution in [-0.2, 0) is 0 Å². The van der Waals surface area contributed by atoms with Gasteiger partial charge in [0.1, 0.15) is 0 Å². The minimum atomic E-state index is 0.378. The van der Waals surface area contributed by atoms with E-state index in [1.807, 2.05) is 13.1 Å². The Morgan fingerprint density at radius 1 is 1.12 bits per heavy atom. The summed E-state index contributed by atoms with van der Waals surface area (Å²) in [5.41, 5.74) is 10.6. The normalized spacial score (nSPS) is 19.5. The Balaban J connectivity index is 1.72. The summed E-state index contributed by atoms with van der Waals surface area (Å²) in [4.78, 5) is 6.65. The molecule has 1 atom stereocenters. The zero-order valence-corrected chi connectivity index (χ0v) is 14.3. The van der Waals surface area contributed by atoms with E-state index in [0.717, 1.165) is 12.2 Å². The van der Waals surface area contributed by atoms with Crippen LogP contribution in [0.2, 0.25) is 0 Å². The summed E-state index contributed by atoms with van der Waals surface area (Å²) in [6, 6.07) is 13.3. The van der Waals surface area contributed by atoms with Gasteiger partial charge >= 0.3 is 0 Å². The summed E-state index contributed by atoms with van der Waals surface area (Å²) < 4.78 is 0. The van der Waals surface area contributed by atoms with Crippen LogP contribution in [0, 0.1) is 13.8 Å². The summed E-state index contributed by atoms with van der Waals surface area (Å²) in [6.07, 6.45) is 6.21. The SMILES string of the molecule is Cc1ccc(N2C=C3C(c4ccnc(C)c4)=CNN3[C@@H](C)C2)cc1. The Kier molecular flexibility index (Phi) is 3.53. The first-order valence-corrected chi connectivity index (χ1v) is 8.36. The molecule has 1 aromatic carbocycles. The van der Waals surface area contributed by atoms with Gasteiger partial charge in [0.25, 0.3) is 0 Å². The van der Waals surface area contributed by atoms with Gasteiger partial charge in [0.15, 0.2) is 0 Å². The lowest BCUT2D eigenvalue weighted by atomic mass is 10.0. The van der Waals surface area contributed by atoms with Crippen LogP contribution in [-0.4, -0.2) is 22.6 Å². The number of pyridine rings is 1. The molecule has 0 fully saturated rings. The third kappa shape index (κ3) is 2.54. The second-order valence-electron chi connectivity index (χ2n) is 6.59. The van der Waals surface area contributed by atoms with Gasteiger partial charge < -0.3 is 10.3 Å². The van der Waals surface area contributed by atoms with Crippen LogP contribution < -0.4 is 10.3 Å². The molecule has 0 aliphatic carbocycles. The van der Waals surface area contributed by atoms with Gasteiger partial charge in [0.2, 0.25) is 0 Å². The average Bonchev–Trinajstić information content (AvgIpc) is 3.00. The van der Waals surface area contributed by atoms with E-state index in [1.165, 1.54) is 28.1 Å². The minimum absolute atomic E-state index is 0.378. The largest absolute Gasteiger partial charge is 0.344 e. The molecular weight excluding hydrogens is 296 g/mol. The molecule has 1 N–H and O–H groups in total. The van der Waals surface area contributed by atoms with Crippen molar-refractivity contribution < 1.29 is 0 Å². The number of hydrogen-bond donors (Lipinski definition) is 1. The standard InChI is InChI=1S/C20H22N4/c1-14-4-6-18(7-5-14)23-12-16(3)24-20(13-23)19(11-22-24)17-8-9-21-15(2)10-17/h4-11,13,16,22H,12H2,1-3H3/t16-/m0/s1. The summed E-state index contributed by atoms with van der Waals surface area (Å²) in [7, 11) is 0. The Morgan fingerprint density at radius 3 is 2.67 bits per heavy atom. The molecule has 4 heteroatoms. The van der Waals surface area contributed by atoms with Crippen molar-refractivity contribution in [2.24, 2.45) is 0 Å². The van der Waals surface area contributed by atoms with Gasteiger partial charge in [-0.1, -0.05) is 17.7 Å². The van der Waals surface area contributed by atoms with E-state index >= 15 is 0 Å². The fraction of sp³-hybridized carbons (Fsp3) is 0.250. The number of allylic oxidation sites excluding steroid dienone is 1. The Bertz CT molecular complexity index is 820. The number of hydrogen-bond acceptors (Lipinski definition) is 4. The first-order chi connectivity index (χ1) is 11.6. The smallest absolute Gasteiger partial charge is 0.0831 e. The van der Waals surface area contributed by atoms with Crippen molar-refractivity contribution in [3.05, 3.63) is 77.5 Å². The van der Waals surface area contributed by atoms with Crippen LogP contribution >= 0.6 is 0 Å². The molecule has 2 aliphatic heterocycles. The highest BCUT2D eigenvalue weighted by Crippen LogP contribution is 2.34. The summed E-state index contributed by atoms with van der Waals surface area (Å²) in [5.74, 6) is 0. The third-order valence-corrected chi connectivity index (χ3v) is 4.64. The van der Waals surface area contributed by atoms with Gasteiger partial charge in [0.05, 0.1) is 11.7 Å². The molecule has 0 radical (unpaired) electrons. The highest BCUT2D eigenvalue weighted by atomic mass is 15.6. The molecule has 122 valence electrons. The van der Waals surface area contributed by atoms with E-state index in [1.54, 1.807) is 0 Å². The second-order valence-corrected chi connectivity index (χ2v) is 6.59. The monoisotopic (exact) mass is 318 g/mol. The van der Waals surface area contributed by atoms with E-state index in [4.69, 9.17) is 0 Å². The highest BCUT2D eigenvalue weighted by molar-refractivity contribution is 5.81. The fourth-order valence-corrected chi connectivity index (χ4v) is 3.33. The first kappa shape index (κ1) is 14.8. The van der Waals surface area contributed by atoms with Crippen molar-refractivity contribution >= 4 is 11.3 Å². The van der Waals surface area contributed by atoms with Gasteiger partial charge in [-0.25, -0.2) is 0 Å². The van der Waals surface area contributed by atoms with Crippen molar-refractivity contribution in [3.8, 4) is 0 Å². The van der Waals surface area contributed by atoms with Crippen LogP contribution in [0.15, 0.2) is 60.7 Å². The van der Waals surface area contributed by atoms with Gasteiger partial charge in [-0.15, -0.1) is 0 Å². The molecule has 0 saturated carbocycles. The van der Waals surface area contributed by atoms with Crippen molar-refractivity contribution in [2.75, 3.05) is 11.4 Å². The number of anilines is 1. The lowest BCUT2D eigenvalue weighted by Crippen LogP contribution is -2.47. The van der Waals surface area contributed by atoms with Gasteiger partial charge in [-0.2, -0.15) is 0 Å². The van der Waals surface area contributed by atoms with Gasteiger partial charge in [0, 0.05) is 42.1 Å². The molecule has 0 unspecified atom stereocenters. The zero-order valence-electron chi connectivity index (χ0n) is 14.3. The number of nitrogens with zero attached hydrogens (tertiary/aromatic N) is 3. The number of benzene rings is 1. The number of nitrogens with one attached hydrogen (secondary N) is 1. The number of hydrazine groups is 1. The minimum Gasteiger partial charge on any atom is -0.344 e. The van der Waals surface area contributed by atoms with E-state index in [-0.39, 0.29) is 0 Å². The Morgan fingerprint density at radius 2 is 1.92 bits per heavy atom. The van der Waals surface area contributed by atoms with E-state index in [2.05, 4.69) is 83.0 Å². The van der Waals surface area contributed by atoms with Crippen molar-refractivity contribution in [3.63, 3.8) is 0 Å². The van der Waals surface area contributed by atoms with Gasteiger partial charge in [-0.05, 0) is 50.6 Å². The first-order valence-electron chi connectivity index (χ1n) is 8.36. The van der Waals surface area contributed by atoms with Crippen molar-refractivity contribution in [2.45, 2.75) is 26.8 Å². The van der Waals surface area contributed by atoms with Crippen LogP contribution in [0.25, 0.3) is 5.57 Å². The zero-order chi connectivity index (χ0) is 16.7. The topological polar surface area (TPSA) is 31.4 Å². The molecule has 4 rings (SSSR count). The third-order valence-electron chi connectivity index (χ3n) is 4.64. The fourth-order valence-electron chi connectivity index (χ4n) is 3.33. The maximum absolute atomic E-state index is 4.31. The maximum Gasteiger partial charge on any atom is 0.0831 e. The molecule has 2 aliphatic rings. The quantitative estimate of drug-likeness (QED) is 0.916. The molecule has 0 amide bonds. The molecule has 2 aromatic rings. The molecular formula is C20H22N4. The van der Waals surface area contributed by atoms with Crippen LogP contribution in [0.1, 0.15) is 23.7 Å². The Labute approximate surface area is 143 Å². The van der Waals surface area contributed by atoms with Crippen LogP contribution in [0.5, 0.6) is 0 Å². The lowest BCUT2D eigenvalue weighted by molar-refractivity contribution is 0.232.